The van der Waals surface area contributed by atoms with E-state index in [9.17, 15) is 16.8 Å². The second kappa shape index (κ2) is 9.59. The van der Waals surface area contributed by atoms with Crippen molar-refractivity contribution in [1.29, 1.82) is 0 Å². The average molecular weight is 493 g/mol. The molecule has 0 aromatic heterocycles. The summed E-state index contributed by atoms with van der Waals surface area (Å²) in [6, 6.07) is 15.1. The zero-order valence-electron chi connectivity index (χ0n) is 18.4. The summed E-state index contributed by atoms with van der Waals surface area (Å²) in [5, 5.41) is 0. The van der Waals surface area contributed by atoms with Crippen LogP contribution >= 0.6 is 0 Å². The number of para-hydroxylation sites is 2. The van der Waals surface area contributed by atoms with E-state index in [-0.39, 0.29) is 26.9 Å². The summed E-state index contributed by atoms with van der Waals surface area (Å²) in [6.45, 7) is 1.66. The van der Waals surface area contributed by atoms with Crippen molar-refractivity contribution in [2.24, 2.45) is 0 Å². The van der Waals surface area contributed by atoms with Gasteiger partial charge in [-0.2, -0.15) is 0 Å². The minimum Gasteiger partial charge on any atom is -0.497 e. The molecule has 3 aromatic rings. The Kier molecular flexibility index (Phi) is 7.04. The van der Waals surface area contributed by atoms with E-state index < -0.39 is 20.0 Å². The van der Waals surface area contributed by atoms with Gasteiger partial charge in [0.05, 0.1) is 37.6 Å². The van der Waals surface area contributed by atoms with Crippen molar-refractivity contribution >= 4 is 31.4 Å². The van der Waals surface area contributed by atoms with Crippen LogP contribution in [0, 0.1) is 6.92 Å². The lowest BCUT2D eigenvalue weighted by Gasteiger charge is -2.16. The molecule has 9 nitrogen and oxygen atoms in total. The third kappa shape index (κ3) is 5.32. The van der Waals surface area contributed by atoms with Crippen LogP contribution in [0.15, 0.2) is 70.5 Å². The molecule has 0 aliphatic heterocycles. The van der Waals surface area contributed by atoms with Crippen molar-refractivity contribution in [1.82, 2.24) is 0 Å². The molecular formula is C22H24N2O7S2. The van der Waals surface area contributed by atoms with Crippen LogP contribution in [-0.4, -0.2) is 38.2 Å². The summed E-state index contributed by atoms with van der Waals surface area (Å²) in [6.07, 6.45) is 0. The van der Waals surface area contributed by atoms with Crippen LogP contribution in [0.5, 0.6) is 17.2 Å². The number of methoxy groups -OCH3 is 3. The number of hydrogen-bond donors (Lipinski definition) is 2. The van der Waals surface area contributed by atoms with E-state index in [2.05, 4.69) is 9.44 Å². The van der Waals surface area contributed by atoms with Gasteiger partial charge in [0.15, 0.2) is 0 Å². The molecule has 0 saturated carbocycles. The van der Waals surface area contributed by atoms with Gasteiger partial charge >= 0.3 is 0 Å². The number of sulfonamides is 2. The van der Waals surface area contributed by atoms with Gasteiger partial charge < -0.3 is 14.2 Å². The molecule has 0 aliphatic rings. The number of aryl methyl sites for hydroxylation is 1. The van der Waals surface area contributed by atoms with Gasteiger partial charge in [-0.05, 0) is 48.9 Å². The van der Waals surface area contributed by atoms with E-state index in [4.69, 9.17) is 14.2 Å². The molecule has 0 fully saturated rings. The highest BCUT2D eigenvalue weighted by atomic mass is 32.2. The zero-order valence-corrected chi connectivity index (χ0v) is 20.1. The first-order valence-corrected chi connectivity index (χ1v) is 12.6. The smallest absolute Gasteiger partial charge is 0.265 e. The Bertz CT molecular complexity index is 1370. The predicted molar refractivity (Wildman–Crippen MR) is 125 cm³/mol. The van der Waals surface area contributed by atoms with Gasteiger partial charge in [0.1, 0.15) is 22.1 Å². The minimum atomic E-state index is -4.13. The SMILES string of the molecule is COc1ccc(OC)c(S(=O)(=O)Nc2cc(S(=O)(=O)Nc3ccccc3OC)ccc2C)c1. The Morgan fingerprint density at radius 3 is 2.00 bits per heavy atom. The van der Waals surface area contributed by atoms with Gasteiger partial charge in [-0.15, -0.1) is 0 Å². The molecule has 0 atom stereocenters. The van der Waals surface area contributed by atoms with Crippen LogP contribution in [0.3, 0.4) is 0 Å². The monoisotopic (exact) mass is 492 g/mol. The second-order valence-electron chi connectivity index (χ2n) is 6.90. The summed E-state index contributed by atoms with van der Waals surface area (Å²) in [7, 11) is -3.98. The molecule has 0 heterocycles. The lowest BCUT2D eigenvalue weighted by atomic mass is 10.2. The summed E-state index contributed by atoms with van der Waals surface area (Å²) in [4.78, 5) is -0.279. The topological polar surface area (TPSA) is 120 Å². The molecular weight excluding hydrogens is 468 g/mol. The molecule has 2 N–H and O–H groups in total. The average Bonchev–Trinajstić information content (AvgIpc) is 2.79. The fourth-order valence-corrected chi connectivity index (χ4v) is 5.41. The molecule has 0 unspecified atom stereocenters. The Morgan fingerprint density at radius 2 is 1.33 bits per heavy atom. The van der Waals surface area contributed by atoms with E-state index >= 15 is 0 Å². The quantitative estimate of drug-likeness (QED) is 0.468. The van der Waals surface area contributed by atoms with Gasteiger partial charge in [0.2, 0.25) is 0 Å². The first-order valence-electron chi connectivity index (χ1n) is 9.62. The van der Waals surface area contributed by atoms with E-state index in [0.717, 1.165) is 0 Å². The van der Waals surface area contributed by atoms with E-state index in [0.29, 0.717) is 17.1 Å². The lowest BCUT2D eigenvalue weighted by Crippen LogP contribution is -2.17. The predicted octanol–water partition coefficient (Wildman–Crippen LogP) is 3.62. The molecule has 0 bridgehead atoms. The van der Waals surface area contributed by atoms with Crippen molar-refractivity contribution in [3.63, 3.8) is 0 Å². The van der Waals surface area contributed by atoms with Crippen LogP contribution in [0.25, 0.3) is 0 Å². The molecule has 0 radical (unpaired) electrons. The second-order valence-corrected chi connectivity index (χ2v) is 10.2. The van der Waals surface area contributed by atoms with Crippen LogP contribution in [0.2, 0.25) is 0 Å². The highest BCUT2D eigenvalue weighted by molar-refractivity contribution is 7.93. The Labute approximate surface area is 193 Å². The number of rotatable bonds is 9. The minimum absolute atomic E-state index is 0.0998. The molecule has 0 aliphatic carbocycles. The van der Waals surface area contributed by atoms with E-state index in [1.807, 2.05) is 0 Å². The first-order chi connectivity index (χ1) is 15.6. The van der Waals surface area contributed by atoms with Crippen LogP contribution in [-0.2, 0) is 20.0 Å². The van der Waals surface area contributed by atoms with Gasteiger partial charge in [-0.3, -0.25) is 9.44 Å². The first kappa shape index (κ1) is 24.2. The molecule has 176 valence electrons. The largest absolute Gasteiger partial charge is 0.497 e. The third-order valence-corrected chi connectivity index (χ3v) is 7.53. The number of hydrogen-bond acceptors (Lipinski definition) is 7. The summed E-state index contributed by atoms with van der Waals surface area (Å²) in [5.41, 5.74) is 0.878. The maximum absolute atomic E-state index is 13.1. The Balaban J connectivity index is 1.98. The van der Waals surface area contributed by atoms with Gasteiger partial charge in [-0.1, -0.05) is 18.2 Å². The molecule has 33 heavy (non-hydrogen) atoms. The molecule has 11 heteroatoms. The molecule has 3 rings (SSSR count). The molecule has 3 aromatic carbocycles. The summed E-state index contributed by atoms with van der Waals surface area (Å²) >= 11 is 0. The Morgan fingerprint density at radius 1 is 0.667 bits per heavy atom. The van der Waals surface area contributed by atoms with Crippen LogP contribution in [0.4, 0.5) is 11.4 Å². The highest BCUT2D eigenvalue weighted by Gasteiger charge is 2.23. The highest BCUT2D eigenvalue weighted by Crippen LogP contribution is 2.32. The number of benzene rings is 3. The summed E-state index contributed by atoms with van der Waals surface area (Å²) in [5.74, 6) is 0.784. The van der Waals surface area contributed by atoms with Crippen molar-refractivity contribution < 1.29 is 31.0 Å². The number of nitrogens with one attached hydrogen (secondary N) is 2. The number of ether oxygens (including phenoxy) is 3. The van der Waals surface area contributed by atoms with Gasteiger partial charge in [0.25, 0.3) is 20.0 Å². The fourth-order valence-electron chi connectivity index (χ4n) is 3.00. The van der Waals surface area contributed by atoms with Crippen LogP contribution in [0.1, 0.15) is 5.56 Å². The van der Waals surface area contributed by atoms with Crippen molar-refractivity contribution in [3.8, 4) is 17.2 Å². The van der Waals surface area contributed by atoms with Crippen molar-refractivity contribution in [2.45, 2.75) is 16.7 Å². The Hall–Kier alpha value is -3.44. The van der Waals surface area contributed by atoms with Gasteiger partial charge in [-0.25, -0.2) is 16.8 Å². The molecule has 0 saturated heterocycles. The summed E-state index contributed by atoms with van der Waals surface area (Å²) < 4.78 is 72.5. The van der Waals surface area contributed by atoms with Crippen LogP contribution < -0.4 is 23.7 Å². The normalized spacial score (nSPS) is 11.5. The maximum Gasteiger partial charge on any atom is 0.265 e. The van der Waals surface area contributed by atoms with Crippen molar-refractivity contribution in [2.75, 3.05) is 30.8 Å². The van der Waals surface area contributed by atoms with Gasteiger partial charge in [0, 0.05) is 6.07 Å². The molecule has 0 spiro atoms. The number of anilines is 2. The van der Waals surface area contributed by atoms with E-state index in [1.165, 1.54) is 51.7 Å². The fraction of sp³-hybridized carbons (Fsp3) is 0.182. The lowest BCUT2D eigenvalue weighted by molar-refractivity contribution is 0.392. The van der Waals surface area contributed by atoms with Crippen molar-refractivity contribution in [3.05, 3.63) is 66.2 Å². The standard InChI is InChI=1S/C22H24N2O7S2/c1-15-9-11-17(32(25,26)23-18-7-5-6-8-20(18)30-3)14-19(15)24-33(27,28)22-13-16(29-2)10-12-21(22)31-4/h5-14,23-24H,1-4H3. The molecule has 0 amide bonds. The van der Waals surface area contributed by atoms with E-state index in [1.54, 1.807) is 37.3 Å². The maximum atomic E-state index is 13.1. The third-order valence-electron chi connectivity index (χ3n) is 4.78. The zero-order chi connectivity index (χ0) is 24.2.